The second kappa shape index (κ2) is 9.97. The maximum absolute atomic E-state index is 11.3. The first-order valence-electron chi connectivity index (χ1n) is 6.24. The van der Waals surface area contributed by atoms with Gasteiger partial charge >= 0.3 is 0 Å². The Morgan fingerprint density at radius 2 is 1.67 bits per heavy atom. The van der Waals surface area contributed by atoms with Gasteiger partial charge in [0.25, 0.3) is 0 Å². The summed E-state index contributed by atoms with van der Waals surface area (Å²) in [7, 11) is 0. The van der Waals surface area contributed by atoms with Gasteiger partial charge in [0.2, 0.25) is 5.91 Å². The average Bonchev–Trinajstić information content (AvgIpc) is 2.23. The molecule has 0 saturated heterocycles. The highest BCUT2D eigenvalue weighted by atomic mass is 16.1. The number of nitrogens with one attached hydrogen (secondary N) is 2. The molecule has 0 bridgehead atoms. The molecule has 0 aliphatic heterocycles. The fourth-order valence-electron chi connectivity index (χ4n) is 1.61. The fraction of sp³-hybridized carbons (Fsp3) is 0.917. The summed E-state index contributed by atoms with van der Waals surface area (Å²) in [5, 5.41) is 6.19. The smallest absolute Gasteiger partial charge is 0.233 e. The predicted molar refractivity (Wildman–Crippen MR) is 64.9 cm³/mol. The summed E-state index contributed by atoms with van der Waals surface area (Å²) >= 11 is 0. The van der Waals surface area contributed by atoms with Gasteiger partial charge in [0, 0.05) is 12.6 Å². The minimum Gasteiger partial charge on any atom is -0.355 e. The van der Waals surface area contributed by atoms with Crippen molar-refractivity contribution >= 4 is 5.91 Å². The van der Waals surface area contributed by atoms with Crippen LogP contribution < -0.4 is 10.6 Å². The zero-order chi connectivity index (χ0) is 11.5. The van der Waals surface area contributed by atoms with Gasteiger partial charge in [-0.05, 0) is 19.3 Å². The van der Waals surface area contributed by atoms with Gasteiger partial charge in [-0.25, -0.2) is 0 Å². The molecule has 0 aliphatic carbocycles. The summed E-state index contributed by atoms with van der Waals surface area (Å²) in [4.78, 5) is 11.3. The Labute approximate surface area is 94.0 Å². The van der Waals surface area contributed by atoms with Crippen molar-refractivity contribution in [3.05, 3.63) is 0 Å². The van der Waals surface area contributed by atoms with Crippen LogP contribution in [0.1, 0.15) is 52.9 Å². The summed E-state index contributed by atoms with van der Waals surface area (Å²) in [5.74, 6) is 0.119. The van der Waals surface area contributed by atoms with E-state index in [0.29, 0.717) is 12.6 Å². The molecule has 0 unspecified atom stereocenters. The molecule has 0 fully saturated rings. The van der Waals surface area contributed by atoms with E-state index in [2.05, 4.69) is 31.4 Å². The standard InChI is InChI=1S/C12H26N2O/c1-4-7-11(8-5-2)14-10-12(15)13-9-6-3/h11,14H,4-10H2,1-3H3,(H,13,15). The number of hydrogen-bond donors (Lipinski definition) is 2. The van der Waals surface area contributed by atoms with Gasteiger partial charge in [0.1, 0.15) is 0 Å². The van der Waals surface area contributed by atoms with Crippen molar-refractivity contribution in [2.75, 3.05) is 13.1 Å². The number of carbonyl (C=O) groups is 1. The second-order valence-electron chi connectivity index (χ2n) is 4.01. The molecule has 2 N–H and O–H groups in total. The van der Waals surface area contributed by atoms with Gasteiger partial charge in [-0.1, -0.05) is 33.6 Å². The molecule has 0 atom stereocenters. The van der Waals surface area contributed by atoms with Crippen molar-refractivity contribution in [1.82, 2.24) is 10.6 Å². The quantitative estimate of drug-likeness (QED) is 0.617. The third-order valence-electron chi connectivity index (χ3n) is 2.40. The zero-order valence-electron chi connectivity index (χ0n) is 10.4. The maximum atomic E-state index is 11.3. The van der Waals surface area contributed by atoms with E-state index in [0.717, 1.165) is 25.8 Å². The van der Waals surface area contributed by atoms with Crippen LogP contribution in [-0.2, 0) is 4.79 Å². The van der Waals surface area contributed by atoms with Crippen molar-refractivity contribution in [2.24, 2.45) is 0 Å². The van der Waals surface area contributed by atoms with Crippen LogP contribution in [0.15, 0.2) is 0 Å². The lowest BCUT2D eigenvalue weighted by Crippen LogP contribution is -2.39. The van der Waals surface area contributed by atoms with Crippen LogP contribution in [0.25, 0.3) is 0 Å². The Bertz CT molecular complexity index is 154. The van der Waals surface area contributed by atoms with Crippen molar-refractivity contribution in [3.8, 4) is 0 Å². The van der Waals surface area contributed by atoms with Crippen LogP contribution in [0, 0.1) is 0 Å². The maximum Gasteiger partial charge on any atom is 0.233 e. The van der Waals surface area contributed by atoms with Crippen LogP contribution in [0.3, 0.4) is 0 Å². The molecule has 0 aromatic carbocycles. The van der Waals surface area contributed by atoms with E-state index in [1.807, 2.05) is 0 Å². The molecule has 3 nitrogen and oxygen atoms in total. The molecule has 0 saturated carbocycles. The summed E-state index contributed by atoms with van der Waals surface area (Å²) in [6.07, 6.45) is 5.67. The van der Waals surface area contributed by atoms with Crippen LogP contribution in [-0.4, -0.2) is 25.0 Å². The Kier molecular flexibility index (Phi) is 9.59. The zero-order valence-corrected chi connectivity index (χ0v) is 10.4. The summed E-state index contributed by atoms with van der Waals surface area (Å²) < 4.78 is 0. The highest BCUT2D eigenvalue weighted by molar-refractivity contribution is 5.77. The van der Waals surface area contributed by atoms with E-state index >= 15 is 0 Å². The minimum absolute atomic E-state index is 0.119. The molecule has 0 aromatic rings. The normalized spacial score (nSPS) is 10.7. The van der Waals surface area contributed by atoms with Gasteiger partial charge in [-0.3, -0.25) is 4.79 Å². The summed E-state index contributed by atoms with van der Waals surface area (Å²) in [6.45, 7) is 7.67. The minimum atomic E-state index is 0.119. The Hall–Kier alpha value is -0.570. The van der Waals surface area contributed by atoms with Crippen LogP contribution >= 0.6 is 0 Å². The molecule has 0 radical (unpaired) electrons. The topological polar surface area (TPSA) is 41.1 Å². The van der Waals surface area contributed by atoms with Crippen LogP contribution in [0.4, 0.5) is 0 Å². The number of carbonyl (C=O) groups excluding carboxylic acids is 1. The van der Waals surface area contributed by atoms with E-state index in [4.69, 9.17) is 0 Å². The highest BCUT2D eigenvalue weighted by Crippen LogP contribution is 2.03. The fourth-order valence-corrected chi connectivity index (χ4v) is 1.61. The van der Waals surface area contributed by atoms with Crippen molar-refractivity contribution in [3.63, 3.8) is 0 Å². The first-order valence-corrected chi connectivity index (χ1v) is 6.24. The Balaban J connectivity index is 3.62. The average molecular weight is 214 g/mol. The lowest BCUT2D eigenvalue weighted by molar-refractivity contribution is -0.120. The Morgan fingerprint density at radius 1 is 1.07 bits per heavy atom. The van der Waals surface area contributed by atoms with Crippen molar-refractivity contribution < 1.29 is 4.79 Å². The van der Waals surface area contributed by atoms with E-state index in [-0.39, 0.29) is 5.91 Å². The third-order valence-corrected chi connectivity index (χ3v) is 2.40. The third kappa shape index (κ3) is 8.43. The van der Waals surface area contributed by atoms with E-state index in [1.54, 1.807) is 0 Å². The van der Waals surface area contributed by atoms with Gasteiger partial charge in [0.05, 0.1) is 6.54 Å². The molecular formula is C12H26N2O. The van der Waals surface area contributed by atoms with Crippen LogP contribution in [0.5, 0.6) is 0 Å². The van der Waals surface area contributed by atoms with Gasteiger partial charge < -0.3 is 10.6 Å². The van der Waals surface area contributed by atoms with Gasteiger partial charge in [0.15, 0.2) is 0 Å². The molecule has 0 aliphatic rings. The first kappa shape index (κ1) is 14.4. The monoisotopic (exact) mass is 214 g/mol. The van der Waals surface area contributed by atoms with Gasteiger partial charge in [-0.15, -0.1) is 0 Å². The molecule has 0 rings (SSSR count). The summed E-state index contributed by atoms with van der Waals surface area (Å²) in [5.41, 5.74) is 0. The number of amides is 1. The molecule has 0 heterocycles. The SMILES string of the molecule is CCCNC(=O)CNC(CCC)CCC. The van der Waals surface area contributed by atoms with E-state index in [1.165, 1.54) is 12.8 Å². The molecule has 15 heavy (non-hydrogen) atoms. The second-order valence-corrected chi connectivity index (χ2v) is 4.01. The van der Waals surface area contributed by atoms with Crippen LogP contribution in [0.2, 0.25) is 0 Å². The lowest BCUT2D eigenvalue weighted by atomic mass is 10.1. The molecule has 3 heteroatoms. The summed E-state index contributed by atoms with van der Waals surface area (Å²) in [6, 6.07) is 0.507. The molecular weight excluding hydrogens is 188 g/mol. The molecule has 0 spiro atoms. The van der Waals surface area contributed by atoms with E-state index < -0.39 is 0 Å². The number of rotatable bonds is 9. The first-order chi connectivity index (χ1) is 7.24. The largest absolute Gasteiger partial charge is 0.355 e. The molecule has 1 amide bonds. The Morgan fingerprint density at radius 3 is 2.13 bits per heavy atom. The van der Waals surface area contributed by atoms with Crippen molar-refractivity contribution in [2.45, 2.75) is 58.9 Å². The van der Waals surface area contributed by atoms with E-state index in [9.17, 15) is 4.79 Å². The molecule has 90 valence electrons. The van der Waals surface area contributed by atoms with Crippen molar-refractivity contribution in [1.29, 1.82) is 0 Å². The molecule has 0 aromatic heterocycles. The lowest BCUT2D eigenvalue weighted by Gasteiger charge is -2.16. The number of hydrogen-bond acceptors (Lipinski definition) is 2. The predicted octanol–water partition coefficient (Wildman–Crippen LogP) is 2.07. The van der Waals surface area contributed by atoms with Gasteiger partial charge in [-0.2, -0.15) is 0 Å². The highest BCUT2D eigenvalue weighted by Gasteiger charge is 2.07.